The van der Waals surface area contributed by atoms with E-state index in [-0.39, 0.29) is 12.5 Å². The Bertz CT molecular complexity index is 317. The van der Waals surface area contributed by atoms with Crippen molar-refractivity contribution in [3.63, 3.8) is 0 Å². The first-order valence-corrected chi connectivity index (χ1v) is 4.82. The topological polar surface area (TPSA) is 51.2 Å². The lowest BCUT2D eigenvalue weighted by atomic mass is 9.96. The molecule has 1 aromatic heterocycles. The minimum atomic E-state index is -0.440. The number of rotatable bonds is 3. The molecule has 1 aromatic rings. The summed E-state index contributed by atoms with van der Waals surface area (Å²) in [6, 6.07) is 5.54. The van der Waals surface area contributed by atoms with Crippen LogP contribution in [0.4, 0.5) is 0 Å². The highest BCUT2D eigenvalue weighted by Gasteiger charge is 2.21. The number of aromatic nitrogens is 1. The fourth-order valence-corrected chi connectivity index (χ4v) is 0.812. The maximum atomic E-state index is 11.4. The molecule has 0 fully saturated rings. The largest absolute Gasteiger partial charge is 0.272 e. The molecule has 0 aromatic carbocycles. The molecule has 4 nitrogen and oxygen atoms in total. The molecule has 1 amide bonds. The number of amides is 1. The highest BCUT2D eigenvalue weighted by atomic mass is 16.7. The average molecular weight is 208 g/mol. The summed E-state index contributed by atoms with van der Waals surface area (Å²) in [7, 11) is 0. The van der Waals surface area contributed by atoms with Gasteiger partial charge in [0.25, 0.3) is 0 Å². The summed E-state index contributed by atoms with van der Waals surface area (Å²) < 4.78 is 0. The predicted molar refractivity (Wildman–Crippen MR) is 56.6 cm³/mol. The molecule has 15 heavy (non-hydrogen) atoms. The van der Waals surface area contributed by atoms with Crippen LogP contribution in [0.1, 0.15) is 26.5 Å². The van der Waals surface area contributed by atoms with Gasteiger partial charge in [-0.15, -0.1) is 0 Å². The van der Waals surface area contributed by atoms with E-state index < -0.39 is 5.41 Å². The number of pyridine rings is 1. The van der Waals surface area contributed by atoms with E-state index in [1.165, 1.54) is 0 Å². The quantitative estimate of drug-likeness (QED) is 0.769. The fraction of sp³-hybridized carbons (Fsp3) is 0.455. The first-order valence-electron chi connectivity index (χ1n) is 4.82. The Morgan fingerprint density at radius 1 is 1.47 bits per heavy atom. The second-order valence-corrected chi connectivity index (χ2v) is 4.29. The zero-order chi connectivity index (χ0) is 11.3. The molecule has 0 aliphatic carbocycles. The van der Waals surface area contributed by atoms with Gasteiger partial charge in [-0.05, 0) is 12.1 Å². The number of hydrogen-bond acceptors (Lipinski definition) is 3. The van der Waals surface area contributed by atoms with Crippen LogP contribution < -0.4 is 5.48 Å². The highest BCUT2D eigenvalue weighted by Crippen LogP contribution is 2.12. The second-order valence-electron chi connectivity index (χ2n) is 4.29. The molecule has 0 bridgehead atoms. The van der Waals surface area contributed by atoms with Gasteiger partial charge in [-0.2, -0.15) is 0 Å². The molecule has 82 valence electrons. The summed E-state index contributed by atoms with van der Waals surface area (Å²) >= 11 is 0. The summed E-state index contributed by atoms with van der Waals surface area (Å²) in [6.45, 7) is 5.76. The fourth-order valence-electron chi connectivity index (χ4n) is 0.812. The molecule has 0 atom stereocenters. The number of hydroxylamine groups is 1. The van der Waals surface area contributed by atoms with Crippen molar-refractivity contribution >= 4 is 5.91 Å². The molecule has 0 saturated carbocycles. The van der Waals surface area contributed by atoms with Gasteiger partial charge in [0.2, 0.25) is 5.91 Å². The summed E-state index contributed by atoms with van der Waals surface area (Å²) in [5.41, 5.74) is 2.74. The molecule has 1 rings (SSSR count). The first-order chi connectivity index (χ1) is 7.00. The molecular formula is C11H16N2O2. The van der Waals surface area contributed by atoms with Crippen molar-refractivity contribution in [2.75, 3.05) is 0 Å². The van der Waals surface area contributed by atoms with Crippen LogP contribution in [0.2, 0.25) is 0 Å². The monoisotopic (exact) mass is 208 g/mol. The molecule has 0 saturated heterocycles. The van der Waals surface area contributed by atoms with Gasteiger partial charge >= 0.3 is 0 Å². The van der Waals surface area contributed by atoms with Gasteiger partial charge in [0.05, 0.1) is 5.69 Å². The standard InChI is InChI=1S/C11H16N2O2/c1-11(2,3)10(14)13-15-8-9-6-4-5-7-12-9/h4-7H,8H2,1-3H3,(H,13,14). The third-order valence-corrected chi connectivity index (χ3v) is 1.79. The number of nitrogens with one attached hydrogen (secondary N) is 1. The van der Waals surface area contributed by atoms with E-state index in [2.05, 4.69) is 10.5 Å². The Kier molecular flexibility index (Phi) is 3.80. The van der Waals surface area contributed by atoms with Gasteiger partial charge in [-0.3, -0.25) is 14.6 Å². The third-order valence-electron chi connectivity index (χ3n) is 1.79. The minimum absolute atomic E-state index is 0.140. The van der Waals surface area contributed by atoms with Crippen molar-refractivity contribution in [2.24, 2.45) is 5.41 Å². The Labute approximate surface area is 89.6 Å². The Balaban J connectivity index is 2.32. The van der Waals surface area contributed by atoms with Crippen LogP contribution in [0, 0.1) is 5.41 Å². The summed E-state index contributed by atoms with van der Waals surface area (Å²) in [5, 5.41) is 0. The van der Waals surface area contributed by atoms with Gasteiger partial charge in [-0.25, -0.2) is 5.48 Å². The summed E-state index contributed by atoms with van der Waals surface area (Å²) in [5.74, 6) is -0.140. The van der Waals surface area contributed by atoms with Crippen molar-refractivity contribution < 1.29 is 9.63 Å². The Morgan fingerprint density at radius 3 is 2.73 bits per heavy atom. The van der Waals surface area contributed by atoms with E-state index in [4.69, 9.17) is 4.84 Å². The van der Waals surface area contributed by atoms with Gasteiger partial charge in [0.15, 0.2) is 0 Å². The lowest BCUT2D eigenvalue weighted by Crippen LogP contribution is -2.34. The van der Waals surface area contributed by atoms with Crippen molar-refractivity contribution in [3.05, 3.63) is 30.1 Å². The Hall–Kier alpha value is -1.42. The molecule has 0 unspecified atom stereocenters. The number of carbonyl (C=O) groups excluding carboxylic acids is 1. The van der Waals surface area contributed by atoms with E-state index in [0.717, 1.165) is 5.69 Å². The lowest BCUT2D eigenvalue weighted by Gasteiger charge is -2.16. The minimum Gasteiger partial charge on any atom is -0.272 e. The smallest absolute Gasteiger partial charge is 0.248 e. The van der Waals surface area contributed by atoms with Crippen LogP contribution in [0.15, 0.2) is 24.4 Å². The van der Waals surface area contributed by atoms with Crippen LogP contribution in [-0.4, -0.2) is 10.9 Å². The second kappa shape index (κ2) is 4.89. The molecular weight excluding hydrogens is 192 g/mol. The highest BCUT2D eigenvalue weighted by molar-refractivity contribution is 5.80. The van der Waals surface area contributed by atoms with E-state index in [9.17, 15) is 4.79 Å². The zero-order valence-electron chi connectivity index (χ0n) is 9.28. The molecule has 0 aliphatic rings. The van der Waals surface area contributed by atoms with Gasteiger partial charge in [-0.1, -0.05) is 26.8 Å². The van der Waals surface area contributed by atoms with Crippen molar-refractivity contribution in [1.29, 1.82) is 0 Å². The maximum Gasteiger partial charge on any atom is 0.248 e. The van der Waals surface area contributed by atoms with Crippen molar-refractivity contribution in [2.45, 2.75) is 27.4 Å². The zero-order valence-corrected chi connectivity index (χ0v) is 9.28. The first kappa shape index (κ1) is 11.7. The molecule has 0 aliphatic heterocycles. The van der Waals surface area contributed by atoms with Crippen molar-refractivity contribution in [1.82, 2.24) is 10.5 Å². The molecule has 1 heterocycles. The number of hydrogen-bond donors (Lipinski definition) is 1. The predicted octanol–water partition coefficient (Wildman–Crippen LogP) is 1.68. The van der Waals surface area contributed by atoms with Gasteiger partial charge in [0.1, 0.15) is 6.61 Å². The third kappa shape index (κ3) is 4.08. The number of nitrogens with zero attached hydrogens (tertiary/aromatic N) is 1. The average Bonchev–Trinajstić information content (AvgIpc) is 2.18. The molecule has 0 spiro atoms. The van der Waals surface area contributed by atoms with Crippen LogP contribution in [-0.2, 0) is 16.2 Å². The van der Waals surface area contributed by atoms with Crippen molar-refractivity contribution in [3.8, 4) is 0 Å². The van der Waals surface area contributed by atoms with E-state index in [1.54, 1.807) is 6.20 Å². The van der Waals surface area contributed by atoms with Gasteiger partial charge in [0, 0.05) is 11.6 Å². The SMILES string of the molecule is CC(C)(C)C(=O)NOCc1ccccn1. The van der Waals surface area contributed by atoms with Crippen LogP contribution >= 0.6 is 0 Å². The molecule has 1 N–H and O–H groups in total. The summed E-state index contributed by atoms with van der Waals surface area (Å²) in [6.07, 6.45) is 1.68. The molecule has 0 radical (unpaired) electrons. The maximum absolute atomic E-state index is 11.4. The normalized spacial score (nSPS) is 11.1. The van der Waals surface area contributed by atoms with E-state index >= 15 is 0 Å². The lowest BCUT2D eigenvalue weighted by molar-refractivity contribution is -0.142. The van der Waals surface area contributed by atoms with Crippen LogP contribution in [0.25, 0.3) is 0 Å². The van der Waals surface area contributed by atoms with Crippen LogP contribution in [0.5, 0.6) is 0 Å². The van der Waals surface area contributed by atoms with Gasteiger partial charge < -0.3 is 0 Å². The van der Waals surface area contributed by atoms with E-state index in [0.29, 0.717) is 0 Å². The Morgan fingerprint density at radius 2 is 2.20 bits per heavy atom. The van der Waals surface area contributed by atoms with Crippen LogP contribution in [0.3, 0.4) is 0 Å². The number of carbonyl (C=O) groups is 1. The van der Waals surface area contributed by atoms with E-state index in [1.807, 2.05) is 39.0 Å². The summed E-state index contributed by atoms with van der Waals surface area (Å²) in [4.78, 5) is 20.5. The molecule has 4 heteroatoms.